The lowest BCUT2D eigenvalue weighted by Crippen LogP contribution is -2.55. The average Bonchev–Trinajstić information content (AvgIpc) is 2.80. The Morgan fingerprint density at radius 3 is 2.65 bits per heavy atom. The molecule has 1 amide bonds. The van der Waals surface area contributed by atoms with Gasteiger partial charge in [-0.2, -0.15) is 0 Å². The Morgan fingerprint density at radius 2 is 1.97 bits per heavy atom. The van der Waals surface area contributed by atoms with Gasteiger partial charge in [0.2, 0.25) is 11.8 Å². The van der Waals surface area contributed by atoms with Crippen molar-refractivity contribution < 1.29 is 14.3 Å². The highest BCUT2D eigenvalue weighted by Crippen LogP contribution is 2.31. The molecule has 1 aliphatic rings. The molecular weight excluding hydrogens is 392 g/mol. The summed E-state index contributed by atoms with van der Waals surface area (Å²) in [7, 11) is 1.61. The summed E-state index contributed by atoms with van der Waals surface area (Å²) in [6, 6.07) is 9.44. The molecule has 7 heteroatoms. The topological polar surface area (TPSA) is 67.8 Å². The van der Waals surface area contributed by atoms with Gasteiger partial charge in [0.15, 0.2) is 11.5 Å². The van der Waals surface area contributed by atoms with Crippen molar-refractivity contribution in [3.05, 3.63) is 36.7 Å². The van der Waals surface area contributed by atoms with Crippen LogP contribution in [0.1, 0.15) is 46.5 Å². The van der Waals surface area contributed by atoms with E-state index >= 15 is 0 Å². The first-order chi connectivity index (χ1) is 15.1. The van der Waals surface area contributed by atoms with Crippen LogP contribution in [0.4, 0.5) is 5.82 Å². The molecule has 0 N–H and O–H groups in total. The van der Waals surface area contributed by atoms with Gasteiger partial charge in [-0.25, -0.2) is 9.97 Å². The lowest BCUT2D eigenvalue weighted by atomic mass is 9.96. The van der Waals surface area contributed by atoms with Gasteiger partial charge in [0.25, 0.3) is 0 Å². The zero-order valence-corrected chi connectivity index (χ0v) is 19.1. The molecule has 0 spiro atoms. The van der Waals surface area contributed by atoms with Gasteiger partial charge in [0, 0.05) is 37.7 Å². The van der Waals surface area contributed by atoms with Gasteiger partial charge in [0.1, 0.15) is 12.1 Å². The van der Waals surface area contributed by atoms with Crippen molar-refractivity contribution >= 4 is 11.7 Å². The molecule has 1 saturated heterocycles. The van der Waals surface area contributed by atoms with Gasteiger partial charge in [-0.15, -0.1) is 0 Å². The first-order valence-electron chi connectivity index (χ1n) is 11.3. The number of aromatic nitrogens is 2. The molecular formula is C24H34N4O3. The number of para-hydroxylation sites is 2. The molecule has 0 bridgehead atoms. The summed E-state index contributed by atoms with van der Waals surface area (Å²) in [4.78, 5) is 26.0. The third-order valence-electron chi connectivity index (χ3n) is 5.89. The van der Waals surface area contributed by atoms with Crippen molar-refractivity contribution in [3.63, 3.8) is 0 Å². The highest BCUT2D eigenvalue weighted by atomic mass is 16.5. The second-order valence-electron chi connectivity index (χ2n) is 8.04. The van der Waals surface area contributed by atoms with E-state index in [4.69, 9.17) is 9.47 Å². The molecule has 0 unspecified atom stereocenters. The molecule has 2 atom stereocenters. The third-order valence-corrected chi connectivity index (χ3v) is 5.89. The average molecular weight is 427 g/mol. The number of unbranched alkanes of at least 4 members (excludes halogenated alkanes) is 1. The maximum absolute atomic E-state index is 13.1. The molecule has 1 aromatic carbocycles. The Hall–Kier alpha value is -2.83. The fourth-order valence-corrected chi connectivity index (χ4v) is 4.05. The standard InChI is InChI=1S/C24H34N4O3/c1-5-7-10-19(6-2)24(29)28-14-13-27(16-18(28)3)22-15-23(26-17-25-22)31-21-12-9-8-11-20(21)30-4/h8-9,11-12,15,17-19H,5-7,10,13-14,16H2,1-4H3/t18-,19-/m1/s1. The van der Waals surface area contributed by atoms with Gasteiger partial charge >= 0.3 is 0 Å². The largest absolute Gasteiger partial charge is 0.493 e. The van der Waals surface area contributed by atoms with Crippen LogP contribution in [0.2, 0.25) is 0 Å². The van der Waals surface area contributed by atoms with E-state index in [1.54, 1.807) is 7.11 Å². The molecule has 1 aliphatic heterocycles. The Morgan fingerprint density at radius 1 is 1.19 bits per heavy atom. The van der Waals surface area contributed by atoms with Crippen molar-refractivity contribution in [2.45, 2.75) is 52.5 Å². The number of ether oxygens (including phenoxy) is 2. The van der Waals surface area contributed by atoms with Gasteiger partial charge < -0.3 is 19.3 Å². The molecule has 168 valence electrons. The van der Waals surface area contributed by atoms with E-state index in [9.17, 15) is 4.79 Å². The number of anilines is 1. The van der Waals surface area contributed by atoms with Gasteiger partial charge in [-0.05, 0) is 31.9 Å². The normalized spacial score (nSPS) is 17.4. The maximum atomic E-state index is 13.1. The number of carbonyl (C=O) groups is 1. The minimum atomic E-state index is 0.130. The number of hydrogen-bond donors (Lipinski definition) is 0. The molecule has 2 heterocycles. The first kappa shape index (κ1) is 22.8. The van der Waals surface area contributed by atoms with E-state index in [0.717, 1.165) is 44.6 Å². The minimum absolute atomic E-state index is 0.130. The Bertz CT molecular complexity index is 860. The van der Waals surface area contributed by atoms with Crippen LogP contribution in [0.5, 0.6) is 17.4 Å². The van der Waals surface area contributed by atoms with Crippen molar-refractivity contribution in [2.24, 2.45) is 5.92 Å². The third kappa shape index (κ3) is 5.66. The Balaban J connectivity index is 1.66. The number of amides is 1. The second kappa shape index (κ2) is 11.0. The van der Waals surface area contributed by atoms with Crippen LogP contribution in [0.15, 0.2) is 36.7 Å². The molecule has 0 saturated carbocycles. The predicted octanol–water partition coefficient (Wildman–Crippen LogP) is 4.53. The van der Waals surface area contributed by atoms with Crippen LogP contribution < -0.4 is 14.4 Å². The summed E-state index contributed by atoms with van der Waals surface area (Å²) in [5.41, 5.74) is 0. The molecule has 7 nitrogen and oxygen atoms in total. The summed E-state index contributed by atoms with van der Waals surface area (Å²) in [6.07, 6.45) is 5.63. The summed E-state index contributed by atoms with van der Waals surface area (Å²) < 4.78 is 11.3. The molecule has 1 fully saturated rings. The zero-order chi connectivity index (χ0) is 22.2. The van der Waals surface area contributed by atoms with Crippen LogP contribution in [-0.2, 0) is 4.79 Å². The number of methoxy groups -OCH3 is 1. The van der Waals surface area contributed by atoms with Gasteiger partial charge in [-0.3, -0.25) is 4.79 Å². The van der Waals surface area contributed by atoms with Crippen LogP contribution in [-0.4, -0.2) is 53.6 Å². The summed E-state index contributed by atoms with van der Waals surface area (Å²) in [5, 5.41) is 0. The number of nitrogens with zero attached hydrogens (tertiary/aromatic N) is 4. The summed E-state index contributed by atoms with van der Waals surface area (Å²) in [6.45, 7) is 8.58. The predicted molar refractivity (Wildman–Crippen MR) is 122 cm³/mol. The number of rotatable bonds is 9. The van der Waals surface area contributed by atoms with Crippen molar-refractivity contribution in [3.8, 4) is 17.4 Å². The quantitative estimate of drug-likeness (QED) is 0.587. The number of carbonyl (C=O) groups excluding carboxylic acids is 1. The highest BCUT2D eigenvalue weighted by molar-refractivity contribution is 5.79. The van der Waals surface area contributed by atoms with E-state index in [0.29, 0.717) is 29.8 Å². The van der Waals surface area contributed by atoms with Crippen LogP contribution in [0.3, 0.4) is 0 Å². The second-order valence-corrected chi connectivity index (χ2v) is 8.04. The molecule has 0 aliphatic carbocycles. The summed E-state index contributed by atoms with van der Waals surface area (Å²) >= 11 is 0. The van der Waals surface area contributed by atoms with E-state index in [-0.39, 0.29) is 12.0 Å². The highest BCUT2D eigenvalue weighted by Gasteiger charge is 2.31. The van der Waals surface area contributed by atoms with E-state index < -0.39 is 0 Å². The maximum Gasteiger partial charge on any atom is 0.226 e. The van der Waals surface area contributed by atoms with Crippen LogP contribution in [0, 0.1) is 5.92 Å². The van der Waals surface area contributed by atoms with E-state index in [2.05, 4.69) is 35.6 Å². The Labute approximate surface area is 185 Å². The SMILES string of the molecule is CCCC[C@@H](CC)C(=O)N1CCN(c2cc(Oc3ccccc3OC)ncn2)C[C@H]1C. The molecule has 31 heavy (non-hydrogen) atoms. The molecule has 2 aromatic rings. The lowest BCUT2D eigenvalue weighted by Gasteiger charge is -2.41. The van der Waals surface area contributed by atoms with E-state index in [1.807, 2.05) is 35.2 Å². The molecule has 0 radical (unpaired) electrons. The van der Waals surface area contributed by atoms with Crippen molar-refractivity contribution in [2.75, 3.05) is 31.6 Å². The minimum Gasteiger partial charge on any atom is -0.493 e. The lowest BCUT2D eigenvalue weighted by molar-refractivity contribution is -0.138. The van der Waals surface area contributed by atoms with Gasteiger partial charge in [0.05, 0.1) is 7.11 Å². The molecule has 1 aromatic heterocycles. The smallest absolute Gasteiger partial charge is 0.226 e. The number of benzene rings is 1. The number of piperazine rings is 1. The van der Waals surface area contributed by atoms with E-state index in [1.165, 1.54) is 6.33 Å². The Kier molecular flexibility index (Phi) is 8.09. The van der Waals surface area contributed by atoms with Crippen LogP contribution >= 0.6 is 0 Å². The zero-order valence-electron chi connectivity index (χ0n) is 19.1. The van der Waals surface area contributed by atoms with Crippen molar-refractivity contribution in [1.82, 2.24) is 14.9 Å². The first-order valence-corrected chi connectivity index (χ1v) is 11.3. The fourth-order valence-electron chi connectivity index (χ4n) is 4.05. The van der Waals surface area contributed by atoms with Crippen LogP contribution in [0.25, 0.3) is 0 Å². The number of hydrogen-bond acceptors (Lipinski definition) is 6. The monoisotopic (exact) mass is 426 g/mol. The summed E-state index contributed by atoms with van der Waals surface area (Å²) in [5.74, 6) is 2.95. The fraction of sp³-hybridized carbons (Fsp3) is 0.542. The molecule has 3 rings (SSSR count). The van der Waals surface area contributed by atoms with Crippen molar-refractivity contribution in [1.29, 1.82) is 0 Å². The van der Waals surface area contributed by atoms with Gasteiger partial charge in [-0.1, -0.05) is 38.8 Å².